The molecular weight excluding hydrogens is 270 g/mol. The molecule has 0 N–H and O–H groups in total. The standard InChI is InChI=1S/C12H14BrNS/c1-4-11-14-12-9(13)5-8(7(2)3)6-10(12)15-11/h5-7H,4H2,1-3H3. The Morgan fingerprint density at radius 2 is 2.13 bits per heavy atom. The predicted octanol–water partition coefficient (Wildman–Crippen LogP) is 4.74. The van der Waals surface area contributed by atoms with Gasteiger partial charge in [-0.1, -0.05) is 20.8 Å². The maximum atomic E-state index is 4.60. The molecule has 0 saturated heterocycles. The summed E-state index contributed by atoms with van der Waals surface area (Å²) < 4.78 is 2.42. The summed E-state index contributed by atoms with van der Waals surface area (Å²) in [5.41, 5.74) is 2.49. The van der Waals surface area contributed by atoms with E-state index in [2.05, 4.69) is 53.8 Å². The van der Waals surface area contributed by atoms with Crippen LogP contribution in [0.4, 0.5) is 0 Å². The molecule has 0 aliphatic rings. The molecule has 3 heteroatoms. The molecule has 0 radical (unpaired) electrons. The summed E-state index contributed by atoms with van der Waals surface area (Å²) >= 11 is 5.40. The lowest BCUT2D eigenvalue weighted by molar-refractivity contribution is 0.868. The van der Waals surface area contributed by atoms with Gasteiger partial charge in [0.25, 0.3) is 0 Å². The third kappa shape index (κ3) is 2.08. The Balaban J connectivity index is 2.65. The van der Waals surface area contributed by atoms with Crippen molar-refractivity contribution in [2.45, 2.75) is 33.1 Å². The first-order chi connectivity index (χ1) is 7.11. The van der Waals surface area contributed by atoms with Gasteiger partial charge in [-0.2, -0.15) is 0 Å². The first-order valence-corrected chi connectivity index (χ1v) is 6.81. The third-order valence-corrected chi connectivity index (χ3v) is 4.24. The number of halogens is 1. The monoisotopic (exact) mass is 283 g/mol. The van der Waals surface area contributed by atoms with Crippen LogP contribution in [0.15, 0.2) is 16.6 Å². The van der Waals surface area contributed by atoms with E-state index in [4.69, 9.17) is 0 Å². The smallest absolute Gasteiger partial charge is 0.0957 e. The van der Waals surface area contributed by atoms with E-state index in [1.165, 1.54) is 15.3 Å². The lowest BCUT2D eigenvalue weighted by Crippen LogP contribution is -1.86. The number of benzene rings is 1. The number of hydrogen-bond donors (Lipinski definition) is 0. The number of nitrogens with zero attached hydrogens (tertiary/aromatic N) is 1. The molecule has 2 aromatic rings. The van der Waals surface area contributed by atoms with Crippen LogP contribution < -0.4 is 0 Å². The zero-order valence-electron chi connectivity index (χ0n) is 9.17. The fraction of sp³-hybridized carbons (Fsp3) is 0.417. The van der Waals surface area contributed by atoms with Crippen LogP contribution in [0.2, 0.25) is 0 Å². The van der Waals surface area contributed by atoms with Crippen LogP contribution >= 0.6 is 27.3 Å². The van der Waals surface area contributed by atoms with E-state index in [0.717, 1.165) is 16.4 Å². The van der Waals surface area contributed by atoms with E-state index in [1.807, 2.05) is 0 Å². The van der Waals surface area contributed by atoms with Crippen molar-refractivity contribution in [3.63, 3.8) is 0 Å². The fourth-order valence-electron chi connectivity index (χ4n) is 1.54. The molecule has 2 rings (SSSR count). The van der Waals surface area contributed by atoms with Gasteiger partial charge >= 0.3 is 0 Å². The summed E-state index contributed by atoms with van der Waals surface area (Å²) in [7, 11) is 0. The molecule has 0 aliphatic carbocycles. The number of hydrogen-bond acceptors (Lipinski definition) is 2. The van der Waals surface area contributed by atoms with Gasteiger partial charge in [0.05, 0.1) is 15.2 Å². The molecule has 0 bridgehead atoms. The van der Waals surface area contributed by atoms with Gasteiger partial charge < -0.3 is 0 Å². The molecule has 1 aromatic heterocycles. The molecule has 80 valence electrons. The summed E-state index contributed by atoms with van der Waals surface area (Å²) in [6.07, 6.45) is 1.02. The minimum Gasteiger partial charge on any atom is -0.240 e. The first-order valence-electron chi connectivity index (χ1n) is 5.20. The SMILES string of the molecule is CCc1nc2c(Br)cc(C(C)C)cc2s1. The Bertz CT molecular complexity index is 488. The van der Waals surface area contributed by atoms with E-state index < -0.39 is 0 Å². The topological polar surface area (TPSA) is 12.9 Å². The van der Waals surface area contributed by atoms with E-state index in [-0.39, 0.29) is 0 Å². The molecule has 15 heavy (non-hydrogen) atoms. The van der Waals surface area contributed by atoms with Crippen molar-refractivity contribution in [1.82, 2.24) is 4.98 Å². The second-order valence-electron chi connectivity index (χ2n) is 3.97. The molecule has 0 aliphatic heterocycles. The summed E-state index contributed by atoms with van der Waals surface area (Å²) in [5, 5.41) is 1.21. The van der Waals surface area contributed by atoms with Crippen molar-refractivity contribution >= 4 is 37.5 Å². The number of rotatable bonds is 2. The van der Waals surface area contributed by atoms with Gasteiger partial charge in [-0.25, -0.2) is 4.98 Å². The molecule has 0 saturated carbocycles. The fourth-order valence-corrected chi connectivity index (χ4v) is 3.22. The second-order valence-corrected chi connectivity index (χ2v) is 5.93. The van der Waals surface area contributed by atoms with Crippen LogP contribution in [-0.4, -0.2) is 4.98 Å². The number of aromatic nitrogens is 1. The molecule has 1 aromatic carbocycles. The van der Waals surface area contributed by atoms with Crippen LogP contribution in [0.3, 0.4) is 0 Å². The molecule has 0 atom stereocenters. The first kappa shape index (κ1) is 11.1. The summed E-state index contributed by atoms with van der Waals surface area (Å²) in [6, 6.07) is 4.45. The van der Waals surface area contributed by atoms with Gasteiger partial charge in [-0.05, 0) is 46.0 Å². The highest BCUT2D eigenvalue weighted by atomic mass is 79.9. The zero-order valence-corrected chi connectivity index (χ0v) is 11.6. The molecule has 0 spiro atoms. The van der Waals surface area contributed by atoms with Crippen molar-refractivity contribution in [2.24, 2.45) is 0 Å². The molecule has 1 nitrogen and oxygen atoms in total. The van der Waals surface area contributed by atoms with E-state index in [9.17, 15) is 0 Å². The Kier molecular flexibility index (Phi) is 3.12. The van der Waals surface area contributed by atoms with Gasteiger partial charge in [0, 0.05) is 4.47 Å². The van der Waals surface area contributed by atoms with E-state index in [0.29, 0.717) is 5.92 Å². The van der Waals surface area contributed by atoms with Crippen molar-refractivity contribution in [1.29, 1.82) is 0 Å². The summed E-state index contributed by atoms with van der Waals surface area (Å²) in [6.45, 7) is 6.58. The number of aryl methyl sites for hydroxylation is 1. The molecular formula is C12H14BrNS. The lowest BCUT2D eigenvalue weighted by atomic mass is 10.0. The quantitative estimate of drug-likeness (QED) is 0.776. The van der Waals surface area contributed by atoms with Crippen LogP contribution in [-0.2, 0) is 6.42 Å². The normalized spacial score (nSPS) is 11.5. The maximum Gasteiger partial charge on any atom is 0.0957 e. The van der Waals surface area contributed by atoms with Gasteiger partial charge in [0.2, 0.25) is 0 Å². The minimum atomic E-state index is 0.567. The van der Waals surface area contributed by atoms with Crippen molar-refractivity contribution in [3.05, 3.63) is 27.2 Å². The van der Waals surface area contributed by atoms with Gasteiger partial charge in [-0.3, -0.25) is 0 Å². The zero-order chi connectivity index (χ0) is 11.0. The Labute approximate surface area is 103 Å². The summed E-state index contributed by atoms with van der Waals surface area (Å²) in [5.74, 6) is 0.567. The average molecular weight is 284 g/mol. The molecule has 0 unspecified atom stereocenters. The highest BCUT2D eigenvalue weighted by Crippen LogP contribution is 2.32. The Morgan fingerprint density at radius 3 is 2.73 bits per heavy atom. The summed E-state index contributed by atoms with van der Waals surface area (Å²) in [4.78, 5) is 4.60. The van der Waals surface area contributed by atoms with Crippen molar-refractivity contribution < 1.29 is 0 Å². The molecule has 0 amide bonds. The van der Waals surface area contributed by atoms with Crippen LogP contribution in [0.1, 0.15) is 37.3 Å². The van der Waals surface area contributed by atoms with Crippen molar-refractivity contribution in [3.8, 4) is 0 Å². The maximum absolute atomic E-state index is 4.60. The van der Waals surface area contributed by atoms with Gasteiger partial charge in [0.15, 0.2) is 0 Å². The highest BCUT2D eigenvalue weighted by Gasteiger charge is 2.09. The van der Waals surface area contributed by atoms with Crippen LogP contribution in [0.25, 0.3) is 10.2 Å². The Morgan fingerprint density at radius 1 is 1.40 bits per heavy atom. The molecule has 1 heterocycles. The van der Waals surface area contributed by atoms with Crippen LogP contribution in [0.5, 0.6) is 0 Å². The predicted molar refractivity (Wildman–Crippen MR) is 70.8 cm³/mol. The van der Waals surface area contributed by atoms with Gasteiger partial charge in [0.1, 0.15) is 0 Å². The highest BCUT2D eigenvalue weighted by molar-refractivity contribution is 9.10. The number of thiazole rings is 1. The van der Waals surface area contributed by atoms with Crippen molar-refractivity contribution in [2.75, 3.05) is 0 Å². The average Bonchev–Trinajstić information content (AvgIpc) is 2.61. The van der Waals surface area contributed by atoms with Gasteiger partial charge in [-0.15, -0.1) is 11.3 Å². The number of fused-ring (bicyclic) bond motifs is 1. The Hall–Kier alpha value is -0.410. The van der Waals surface area contributed by atoms with Crippen LogP contribution in [0, 0.1) is 0 Å². The second kappa shape index (κ2) is 4.22. The van der Waals surface area contributed by atoms with E-state index >= 15 is 0 Å². The largest absolute Gasteiger partial charge is 0.240 e. The third-order valence-electron chi connectivity index (χ3n) is 2.48. The van der Waals surface area contributed by atoms with E-state index in [1.54, 1.807) is 11.3 Å². The lowest BCUT2D eigenvalue weighted by Gasteiger charge is -2.05. The minimum absolute atomic E-state index is 0.567. The molecule has 0 fully saturated rings.